The summed E-state index contributed by atoms with van der Waals surface area (Å²) in [6, 6.07) is 12.9. The van der Waals surface area contributed by atoms with Crippen molar-refractivity contribution in [1.82, 2.24) is 10.9 Å². The Hall–Kier alpha value is -1.86. The van der Waals surface area contributed by atoms with Crippen LogP contribution in [0.2, 0.25) is 0 Å². The third-order valence-corrected chi connectivity index (χ3v) is 5.62. The van der Waals surface area contributed by atoms with Crippen LogP contribution in [0.15, 0.2) is 51.4 Å². The molecular formula is C23H28Br2N2O3. The molecule has 0 fully saturated rings. The van der Waals surface area contributed by atoms with Gasteiger partial charge in [0, 0.05) is 8.95 Å². The molecule has 0 bridgehead atoms. The van der Waals surface area contributed by atoms with Crippen LogP contribution in [-0.2, 0) is 10.2 Å². The Balaban J connectivity index is 1.85. The molecule has 0 aliphatic heterocycles. The Labute approximate surface area is 195 Å². The predicted octanol–water partition coefficient (Wildman–Crippen LogP) is 5.77. The van der Waals surface area contributed by atoms with Gasteiger partial charge in [-0.2, -0.15) is 0 Å². The summed E-state index contributed by atoms with van der Waals surface area (Å²) in [5, 5.41) is 0. The van der Waals surface area contributed by atoms with Gasteiger partial charge in [0.05, 0.1) is 5.56 Å². The van der Waals surface area contributed by atoms with E-state index in [1.165, 1.54) is 5.56 Å². The van der Waals surface area contributed by atoms with Crippen LogP contribution in [0, 0.1) is 5.41 Å². The summed E-state index contributed by atoms with van der Waals surface area (Å²) in [5.41, 5.74) is 6.64. The average Bonchev–Trinajstić information content (AvgIpc) is 2.63. The minimum Gasteiger partial charge on any atom is -0.484 e. The van der Waals surface area contributed by atoms with E-state index >= 15 is 0 Å². The van der Waals surface area contributed by atoms with Crippen LogP contribution >= 0.6 is 31.9 Å². The van der Waals surface area contributed by atoms with Gasteiger partial charge in [-0.25, -0.2) is 0 Å². The number of hydrogen-bond donors (Lipinski definition) is 2. The number of rotatable bonds is 6. The summed E-state index contributed by atoms with van der Waals surface area (Å²) in [6.45, 7) is 11.0. The van der Waals surface area contributed by atoms with Gasteiger partial charge in [-0.1, -0.05) is 62.7 Å². The second kappa shape index (κ2) is 9.96. The number of carbonyl (C=O) groups excluding carboxylic acids is 2. The Morgan fingerprint density at radius 3 is 2.13 bits per heavy atom. The zero-order chi connectivity index (χ0) is 22.5. The fourth-order valence-corrected chi connectivity index (χ4v) is 4.71. The zero-order valence-electron chi connectivity index (χ0n) is 17.9. The molecule has 0 unspecified atom stereocenters. The van der Waals surface area contributed by atoms with Crippen LogP contribution in [0.1, 0.15) is 57.0 Å². The fraction of sp³-hybridized carbons (Fsp3) is 0.391. The molecule has 0 spiro atoms. The van der Waals surface area contributed by atoms with Crippen molar-refractivity contribution < 1.29 is 14.3 Å². The number of hydrazine groups is 1. The molecular weight excluding hydrogens is 512 g/mol. The minimum atomic E-state index is -0.450. The van der Waals surface area contributed by atoms with E-state index in [4.69, 9.17) is 4.74 Å². The first-order valence-corrected chi connectivity index (χ1v) is 11.2. The molecule has 0 saturated heterocycles. The van der Waals surface area contributed by atoms with Crippen LogP contribution in [-0.4, -0.2) is 18.4 Å². The Kier molecular flexibility index (Phi) is 8.11. The molecule has 0 radical (unpaired) electrons. The number of ether oxygens (including phenoxy) is 1. The van der Waals surface area contributed by atoms with Crippen LogP contribution < -0.4 is 15.6 Å². The molecule has 5 nitrogen and oxygen atoms in total. The predicted molar refractivity (Wildman–Crippen MR) is 126 cm³/mol. The van der Waals surface area contributed by atoms with Crippen molar-refractivity contribution in [3.05, 3.63) is 62.5 Å². The van der Waals surface area contributed by atoms with Crippen LogP contribution in [0.3, 0.4) is 0 Å². The van der Waals surface area contributed by atoms with Crippen molar-refractivity contribution in [2.75, 3.05) is 6.61 Å². The first-order valence-electron chi connectivity index (χ1n) is 9.65. The van der Waals surface area contributed by atoms with Gasteiger partial charge in [-0.3, -0.25) is 20.4 Å². The lowest BCUT2D eigenvalue weighted by Crippen LogP contribution is -2.43. The van der Waals surface area contributed by atoms with E-state index < -0.39 is 11.8 Å². The summed E-state index contributed by atoms with van der Waals surface area (Å²) in [4.78, 5) is 24.2. The van der Waals surface area contributed by atoms with Crippen molar-refractivity contribution >= 4 is 43.7 Å². The lowest BCUT2D eigenvalue weighted by molar-refractivity contribution is -0.123. The topological polar surface area (TPSA) is 67.4 Å². The summed E-state index contributed by atoms with van der Waals surface area (Å²) in [7, 11) is 0. The maximum Gasteiger partial charge on any atom is 0.276 e. The summed E-state index contributed by atoms with van der Waals surface area (Å²) < 4.78 is 7.00. The third-order valence-electron chi connectivity index (χ3n) is 4.47. The van der Waals surface area contributed by atoms with Crippen molar-refractivity contribution in [1.29, 1.82) is 0 Å². The second-order valence-electron chi connectivity index (χ2n) is 9.06. The highest BCUT2D eigenvalue weighted by Crippen LogP contribution is 2.36. The number of halogens is 2. The van der Waals surface area contributed by atoms with E-state index in [1.807, 2.05) is 24.3 Å². The molecule has 162 valence electrons. The molecule has 0 aliphatic rings. The monoisotopic (exact) mass is 538 g/mol. The number of hydrogen-bond acceptors (Lipinski definition) is 3. The molecule has 30 heavy (non-hydrogen) atoms. The number of carbonyl (C=O) groups is 2. The van der Waals surface area contributed by atoms with Crippen LogP contribution in [0.5, 0.6) is 5.75 Å². The number of benzene rings is 2. The van der Waals surface area contributed by atoms with E-state index in [-0.39, 0.29) is 17.4 Å². The van der Waals surface area contributed by atoms with E-state index in [9.17, 15) is 9.59 Å². The van der Waals surface area contributed by atoms with E-state index in [0.29, 0.717) is 15.8 Å². The highest BCUT2D eigenvalue weighted by atomic mass is 79.9. The molecule has 0 aromatic heterocycles. The standard InChI is InChI=1S/C23H28Br2N2O3/c1-22(2,3)14-23(4,5)15-6-9-17(10-7-15)30-13-20(28)26-27-21(29)18-11-8-16(24)12-19(18)25/h6-12H,13-14H2,1-5H3,(H,26,28)(H,27,29). The SMILES string of the molecule is CC(C)(C)CC(C)(C)c1ccc(OCC(=O)NNC(=O)c2ccc(Br)cc2Br)cc1. The number of nitrogens with one attached hydrogen (secondary N) is 2. The highest BCUT2D eigenvalue weighted by Gasteiger charge is 2.27. The van der Waals surface area contributed by atoms with Gasteiger partial charge in [0.25, 0.3) is 11.8 Å². The van der Waals surface area contributed by atoms with Crippen LogP contribution in [0.4, 0.5) is 0 Å². The average molecular weight is 540 g/mol. The Bertz CT molecular complexity index is 904. The van der Waals surface area contributed by atoms with Gasteiger partial charge < -0.3 is 4.74 Å². The first kappa shape index (κ1) is 24.4. The largest absolute Gasteiger partial charge is 0.484 e. The maximum absolute atomic E-state index is 12.2. The molecule has 2 N–H and O–H groups in total. The van der Waals surface area contributed by atoms with Crippen molar-refractivity contribution in [2.45, 2.75) is 46.5 Å². The third kappa shape index (κ3) is 7.43. The molecule has 2 rings (SSSR count). The zero-order valence-corrected chi connectivity index (χ0v) is 21.1. The summed E-state index contributed by atoms with van der Waals surface area (Å²) in [5.74, 6) is -0.274. The molecule has 7 heteroatoms. The van der Waals surface area contributed by atoms with Crippen LogP contribution in [0.25, 0.3) is 0 Å². The molecule has 2 amide bonds. The normalized spacial score (nSPS) is 11.7. The lowest BCUT2D eigenvalue weighted by atomic mass is 9.72. The van der Waals surface area contributed by atoms with E-state index in [2.05, 4.69) is 77.3 Å². The molecule has 0 atom stereocenters. The molecule has 0 aliphatic carbocycles. The van der Waals surface area contributed by atoms with Gasteiger partial charge in [0.2, 0.25) is 0 Å². The van der Waals surface area contributed by atoms with Crippen molar-refractivity contribution in [2.24, 2.45) is 5.41 Å². The molecule has 0 saturated carbocycles. The Morgan fingerprint density at radius 2 is 1.57 bits per heavy atom. The summed E-state index contributed by atoms with van der Waals surface area (Å²) >= 11 is 6.65. The Morgan fingerprint density at radius 1 is 0.933 bits per heavy atom. The van der Waals surface area contributed by atoms with E-state index in [1.54, 1.807) is 18.2 Å². The quantitative estimate of drug-likeness (QED) is 0.458. The van der Waals surface area contributed by atoms with Gasteiger partial charge in [0.15, 0.2) is 6.61 Å². The maximum atomic E-state index is 12.2. The van der Waals surface area contributed by atoms with Gasteiger partial charge in [0.1, 0.15) is 5.75 Å². The summed E-state index contributed by atoms with van der Waals surface area (Å²) in [6.07, 6.45) is 1.05. The first-order chi connectivity index (χ1) is 13.9. The molecule has 0 heterocycles. The fourth-order valence-electron chi connectivity index (χ4n) is 3.48. The second-order valence-corrected chi connectivity index (χ2v) is 10.8. The smallest absolute Gasteiger partial charge is 0.276 e. The van der Waals surface area contributed by atoms with E-state index in [0.717, 1.165) is 10.9 Å². The highest BCUT2D eigenvalue weighted by molar-refractivity contribution is 9.11. The van der Waals surface area contributed by atoms with Crippen molar-refractivity contribution in [3.63, 3.8) is 0 Å². The minimum absolute atomic E-state index is 0.0414. The van der Waals surface area contributed by atoms with Gasteiger partial charge in [-0.05, 0) is 69.1 Å². The molecule has 2 aromatic rings. The van der Waals surface area contributed by atoms with Crippen molar-refractivity contribution in [3.8, 4) is 5.75 Å². The lowest BCUT2D eigenvalue weighted by Gasteiger charge is -2.33. The van der Waals surface area contributed by atoms with Gasteiger partial charge >= 0.3 is 0 Å². The molecule has 2 aromatic carbocycles. The number of amides is 2. The van der Waals surface area contributed by atoms with Gasteiger partial charge in [-0.15, -0.1) is 0 Å².